The zero-order valence-corrected chi connectivity index (χ0v) is 10.9. The second-order valence-corrected chi connectivity index (χ2v) is 4.49. The average molecular weight is 289 g/mol. The van der Waals surface area contributed by atoms with E-state index >= 15 is 0 Å². The van der Waals surface area contributed by atoms with Crippen LogP contribution in [0, 0.1) is 30.6 Å². The molecule has 0 aromatic heterocycles. The number of rotatable bonds is 9. The summed E-state index contributed by atoms with van der Waals surface area (Å²) in [6, 6.07) is 0. The van der Waals surface area contributed by atoms with E-state index in [1.165, 1.54) is 0 Å². The number of hydrogen-bond donors (Lipinski definition) is 4. The predicted octanol–water partition coefficient (Wildman–Crippen LogP) is 0.424. The van der Waals surface area contributed by atoms with Gasteiger partial charge in [0.05, 0.1) is 23.7 Å². The predicted molar refractivity (Wildman–Crippen MR) is 64.8 cm³/mol. The van der Waals surface area contributed by atoms with Crippen molar-refractivity contribution < 1.29 is 39.6 Å². The topological polar surface area (TPSA) is 149 Å². The maximum absolute atomic E-state index is 11.1. The molecule has 20 heavy (non-hydrogen) atoms. The number of aliphatic carboxylic acids is 4. The Morgan fingerprint density at radius 3 is 1.45 bits per heavy atom. The van der Waals surface area contributed by atoms with Gasteiger partial charge in [-0.3, -0.25) is 19.2 Å². The molecule has 0 amide bonds. The van der Waals surface area contributed by atoms with Gasteiger partial charge in [-0.2, -0.15) is 0 Å². The van der Waals surface area contributed by atoms with Crippen LogP contribution >= 0.6 is 0 Å². The van der Waals surface area contributed by atoms with Crippen molar-refractivity contribution in [3.63, 3.8) is 0 Å². The van der Waals surface area contributed by atoms with Gasteiger partial charge in [0.1, 0.15) is 0 Å². The lowest BCUT2D eigenvalue weighted by Gasteiger charge is -2.24. The van der Waals surface area contributed by atoms with Gasteiger partial charge in [-0.1, -0.05) is 13.8 Å². The van der Waals surface area contributed by atoms with Crippen molar-refractivity contribution in [3.8, 4) is 0 Å². The fourth-order valence-corrected chi connectivity index (χ4v) is 1.90. The molecule has 0 saturated carbocycles. The molecular weight excluding hydrogens is 272 g/mol. The van der Waals surface area contributed by atoms with Gasteiger partial charge in [0.2, 0.25) is 0 Å². The largest absolute Gasteiger partial charge is 0.481 e. The summed E-state index contributed by atoms with van der Waals surface area (Å²) in [6.07, 6.45) is -0.815. The van der Waals surface area contributed by atoms with Crippen molar-refractivity contribution in [2.45, 2.75) is 19.8 Å². The molecule has 0 aromatic rings. The summed E-state index contributed by atoms with van der Waals surface area (Å²) in [4.78, 5) is 44.0. The lowest BCUT2D eigenvalue weighted by molar-refractivity contribution is -0.159. The van der Waals surface area contributed by atoms with Gasteiger partial charge in [-0.25, -0.2) is 0 Å². The Kier molecular flexibility index (Phi) is 6.67. The van der Waals surface area contributed by atoms with Gasteiger partial charge in [0.15, 0.2) is 0 Å². The highest BCUT2D eigenvalue weighted by Gasteiger charge is 2.39. The molecule has 0 rings (SSSR count). The van der Waals surface area contributed by atoms with Gasteiger partial charge < -0.3 is 20.4 Å². The normalized spacial score (nSPS) is 16.7. The molecule has 0 saturated heterocycles. The summed E-state index contributed by atoms with van der Waals surface area (Å²) in [6.45, 7) is 4.47. The van der Waals surface area contributed by atoms with Gasteiger partial charge in [0.25, 0.3) is 0 Å². The summed E-state index contributed by atoms with van der Waals surface area (Å²) >= 11 is 0. The van der Waals surface area contributed by atoms with Crippen molar-refractivity contribution in [3.05, 3.63) is 6.92 Å². The van der Waals surface area contributed by atoms with Crippen LogP contribution in [0.5, 0.6) is 0 Å². The fraction of sp³-hybridized carbons (Fsp3) is 0.583. The van der Waals surface area contributed by atoms with Crippen LogP contribution in [0.15, 0.2) is 0 Å². The monoisotopic (exact) mass is 289 g/mol. The van der Waals surface area contributed by atoms with E-state index in [4.69, 9.17) is 20.4 Å². The molecule has 0 aliphatic carbocycles. The highest BCUT2D eigenvalue weighted by atomic mass is 16.4. The summed E-state index contributed by atoms with van der Waals surface area (Å²) in [5.41, 5.74) is 0. The fourth-order valence-electron chi connectivity index (χ4n) is 1.90. The van der Waals surface area contributed by atoms with Crippen molar-refractivity contribution in [1.82, 2.24) is 0 Å². The Labute approximate surface area is 115 Å². The minimum atomic E-state index is -1.51. The maximum atomic E-state index is 11.1. The Balaban J connectivity index is 5.31. The molecule has 4 N–H and O–H groups in total. The molecule has 0 aromatic carbocycles. The molecule has 0 heterocycles. The van der Waals surface area contributed by atoms with Crippen LogP contribution in [0.4, 0.5) is 0 Å². The minimum absolute atomic E-state index is 0.236. The zero-order valence-electron chi connectivity index (χ0n) is 10.9. The number of carboxylic acid groups (broad SMARTS) is 4. The van der Waals surface area contributed by atoms with Gasteiger partial charge in [-0.05, 0) is 12.8 Å². The van der Waals surface area contributed by atoms with E-state index in [9.17, 15) is 19.2 Å². The molecule has 4 unspecified atom stereocenters. The Morgan fingerprint density at radius 2 is 1.20 bits per heavy atom. The smallest absolute Gasteiger partial charge is 0.307 e. The van der Waals surface area contributed by atoms with Gasteiger partial charge in [-0.15, -0.1) is 0 Å². The van der Waals surface area contributed by atoms with Crippen LogP contribution in [0.25, 0.3) is 0 Å². The van der Waals surface area contributed by atoms with Crippen LogP contribution in [-0.2, 0) is 19.2 Å². The third-order valence-electron chi connectivity index (χ3n) is 3.25. The molecule has 8 heteroatoms. The van der Waals surface area contributed by atoms with Crippen molar-refractivity contribution in [2.24, 2.45) is 23.7 Å². The van der Waals surface area contributed by atoms with Crippen molar-refractivity contribution in [1.29, 1.82) is 0 Å². The molecule has 4 atom stereocenters. The van der Waals surface area contributed by atoms with Crippen molar-refractivity contribution in [2.75, 3.05) is 0 Å². The van der Waals surface area contributed by atoms with Crippen LogP contribution in [0.1, 0.15) is 19.8 Å². The van der Waals surface area contributed by atoms with Crippen LogP contribution in [-0.4, -0.2) is 44.3 Å². The lowest BCUT2D eigenvalue weighted by Crippen LogP contribution is -2.36. The molecule has 0 fully saturated rings. The van der Waals surface area contributed by atoms with Crippen molar-refractivity contribution >= 4 is 23.9 Å². The lowest BCUT2D eigenvalue weighted by atomic mass is 9.79. The van der Waals surface area contributed by atoms with Gasteiger partial charge >= 0.3 is 23.9 Å². The third kappa shape index (κ3) is 4.52. The Hall–Kier alpha value is -2.12. The Morgan fingerprint density at radius 1 is 0.800 bits per heavy atom. The highest BCUT2D eigenvalue weighted by Crippen LogP contribution is 2.28. The van der Waals surface area contributed by atoms with E-state index in [1.54, 1.807) is 0 Å². The number of hydrogen-bond acceptors (Lipinski definition) is 4. The molecular formula is C12H17O8. The van der Waals surface area contributed by atoms with Crippen LogP contribution in [0.3, 0.4) is 0 Å². The quantitative estimate of drug-likeness (QED) is 0.477. The summed E-state index contributed by atoms with van der Waals surface area (Å²) in [5, 5.41) is 35.8. The third-order valence-corrected chi connectivity index (χ3v) is 3.25. The standard InChI is InChI=1S/C12H17O8/c1-3-6(10(15)16)8(12(19)20)4-7(11(17)18)5(2)9(13)14/h5-8H,1,3-4H2,2H3,(H,13,14)(H,15,16)(H,17,18)(H,19,20). The second kappa shape index (κ2) is 7.46. The summed E-state index contributed by atoms with van der Waals surface area (Å²) in [5.74, 6) is -11.4. The first-order chi connectivity index (χ1) is 9.13. The number of carboxylic acids is 4. The SMILES string of the molecule is [CH2]CC(C(=O)O)C(CC(C(=O)O)C(C)C(=O)O)C(=O)O. The molecule has 0 aliphatic heterocycles. The van der Waals surface area contributed by atoms with E-state index < -0.39 is 54.0 Å². The van der Waals surface area contributed by atoms with Gasteiger partial charge in [0, 0.05) is 0 Å². The van der Waals surface area contributed by atoms with Crippen LogP contribution in [0.2, 0.25) is 0 Å². The summed E-state index contributed by atoms with van der Waals surface area (Å²) in [7, 11) is 0. The average Bonchev–Trinajstić information content (AvgIpc) is 2.31. The zero-order chi connectivity index (χ0) is 16.0. The van der Waals surface area contributed by atoms with E-state index in [0.717, 1.165) is 6.92 Å². The first-order valence-corrected chi connectivity index (χ1v) is 5.83. The second-order valence-electron chi connectivity index (χ2n) is 4.49. The molecule has 0 bridgehead atoms. The van der Waals surface area contributed by atoms with E-state index in [1.807, 2.05) is 0 Å². The van der Waals surface area contributed by atoms with E-state index in [-0.39, 0.29) is 6.42 Å². The maximum Gasteiger partial charge on any atom is 0.307 e. The van der Waals surface area contributed by atoms with Crippen LogP contribution < -0.4 is 0 Å². The van der Waals surface area contributed by atoms with E-state index in [0.29, 0.717) is 0 Å². The highest BCUT2D eigenvalue weighted by molar-refractivity contribution is 5.83. The first kappa shape index (κ1) is 17.9. The first-order valence-electron chi connectivity index (χ1n) is 5.83. The molecule has 113 valence electrons. The molecule has 0 spiro atoms. The Bertz CT molecular complexity index is 402. The molecule has 0 aliphatic rings. The minimum Gasteiger partial charge on any atom is -0.481 e. The van der Waals surface area contributed by atoms with E-state index in [2.05, 4.69) is 6.92 Å². The number of carbonyl (C=O) groups is 4. The summed E-state index contributed by atoms with van der Waals surface area (Å²) < 4.78 is 0. The molecule has 1 radical (unpaired) electrons. The molecule has 8 nitrogen and oxygen atoms in total.